The Labute approximate surface area is 67.9 Å². The quantitative estimate of drug-likeness (QED) is 0.239. The molecule has 0 amide bonds. The summed E-state index contributed by atoms with van der Waals surface area (Å²) in [5, 5.41) is 0. The minimum absolute atomic E-state index is 0.178. The van der Waals surface area contributed by atoms with E-state index in [4.69, 9.17) is 0 Å². The summed E-state index contributed by atoms with van der Waals surface area (Å²) in [7, 11) is 0. The molecule has 1 aliphatic carbocycles. The van der Waals surface area contributed by atoms with Crippen molar-refractivity contribution in [1.29, 1.82) is 0 Å². The van der Waals surface area contributed by atoms with Gasteiger partial charge in [0.25, 0.3) is 6.47 Å². The number of hydrogen-bond acceptors (Lipinski definition) is 5. The Morgan fingerprint density at radius 1 is 1.33 bits per heavy atom. The van der Waals surface area contributed by atoms with Crippen molar-refractivity contribution in [3.63, 3.8) is 0 Å². The third-order valence-corrected chi connectivity index (χ3v) is 1.30. The third-order valence-electron chi connectivity index (χ3n) is 1.30. The maximum Gasteiger partial charge on any atom is 0.295 e. The van der Waals surface area contributed by atoms with Gasteiger partial charge in [-0.2, -0.15) is 0 Å². The summed E-state index contributed by atoms with van der Waals surface area (Å²) in [4.78, 5) is 31.3. The molecule has 1 rings (SSSR count). The normalized spacial score (nSPS) is 17.0. The molecule has 0 spiro atoms. The topological polar surface area (TPSA) is 69.7 Å². The Balaban J connectivity index is 2.37. The summed E-state index contributed by atoms with van der Waals surface area (Å²) < 4.78 is 8.81. The van der Waals surface area contributed by atoms with Crippen molar-refractivity contribution in [3.8, 4) is 0 Å². The standard InChI is InChI=1S/C7H6O5/c8-3-11-4-12-7-5(9)1-2-6(7)10/h1-3,7H,4H2. The average molecular weight is 170 g/mol. The van der Waals surface area contributed by atoms with Gasteiger partial charge in [-0.3, -0.25) is 14.4 Å². The van der Waals surface area contributed by atoms with Crippen molar-refractivity contribution in [2.45, 2.75) is 6.10 Å². The molecular weight excluding hydrogens is 164 g/mol. The van der Waals surface area contributed by atoms with E-state index in [0.717, 1.165) is 12.2 Å². The average Bonchev–Trinajstić information content (AvgIpc) is 2.35. The van der Waals surface area contributed by atoms with E-state index in [1.807, 2.05) is 0 Å². The second-order valence-electron chi connectivity index (χ2n) is 2.07. The molecule has 0 aromatic heterocycles. The molecular formula is C7H6O5. The molecule has 0 aliphatic heterocycles. The fraction of sp³-hybridized carbons (Fsp3) is 0.286. The van der Waals surface area contributed by atoms with Crippen molar-refractivity contribution >= 4 is 18.0 Å². The lowest BCUT2D eigenvalue weighted by Crippen LogP contribution is -2.26. The molecule has 5 heteroatoms. The van der Waals surface area contributed by atoms with Crippen LogP contribution in [0.1, 0.15) is 0 Å². The summed E-state index contributed by atoms with van der Waals surface area (Å²) in [5.74, 6) is -0.844. The molecule has 0 unspecified atom stereocenters. The van der Waals surface area contributed by atoms with Crippen molar-refractivity contribution < 1.29 is 23.9 Å². The molecule has 0 saturated heterocycles. The number of ether oxygens (including phenoxy) is 2. The summed E-state index contributed by atoms with van der Waals surface area (Å²) in [6.45, 7) is -0.204. The number of carbonyl (C=O) groups excluding carboxylic acids is 3. The number of carbonyl (C=O) groups is 3. The van der Waals surface area contributed by atoms with E-state index in [9.17, 15) is 14.4 Å². The van der Waals surface area contributed by atoms with Gasteiger partial charge in [-0.15, -0.1) is 0 Å². The Morgan fingerprint density at radius 2 is 1.92 bits per heavy atom. The molecule has 0 fully saturated rings. The molecule has 0 N–H and O–H groups in total. The van der Waals surface area contributed by atoms with Crippen molar-refractivity contribution in [1.82, 2.24) is 0 Å². The Kier molecular flexibility index (Phi) is 2.71. The van der Waals surface area contributed by atoms with E-state index in [1.54, 1.807) is 0 Å². The zero-order chi connectivity index (χ0) is 8.97. The van der Waals surface area contributed by atoms with Crippen molar-refractivity contribution in [2.24, 2.45) is 0 Å². The Morgan fingerprint density at radius 3 is 2.42 bits per heavy atom. The Hall–Kier alpha value is -1.49. The molecule has 0 aromatic rings. The van der Waals surface area contributed by atoms with Crippen LogP contribution in [0.25, 0.3) is 0 Å². The van der Waals surface area contributed by atoms with Gasteiger partial charge in [0.2, 0.25) is 0 Å². The van der Waals surface area contributed by atoms with E-state index < -0.39 is 17.7 Å². The minimum atomic E-state index is -1.12. The van der Waals surface area contributed by atoms with Gasteiger partial charge in [-0.25, -0.2) is 0 Å². The van der Waals surface area contributed by atoms with Crippen LogP contribution in [0.3, 0.4) is 0 Å². The summed E-state index contributed by atoms with van der Waals surface area (Å²) in [6, 6.07) is 0. The highest BCUT2D eigenvalue weighted by molar-refractivity contribution is 6.21. The number of rotatable bonds is 4. The fourth-order valence-corrected chi connectivity index (χ4v) is 0.779. The monoisotopic (exact) mass is 170 g/mol. The second-order valence-corrected chi connectivity index (χ2v) is 2.07. The van der Waals surface area contributed by atoms with E-state index in [-0.39, 0.29) is 13.3 Å². The van der Waals surface area contributed by atoms with E-state index in [2.05, 4.69) is 9.47 Å². The molecule has 1 aliphatic rings. The fourth-order valence-electron chi connectivity index (χ4n) is 0.779. The van der Waals surface area contributed by atoms with E-state index in [0.29, 0.717) is 0 Å². The SMILES string of the molecule is O=COCOC1C(=O)C=CC1=O. The van der Waals surface area contributed by atoms with Gasteiger partial charge in [-0.1, -0.05) is 0 Å². The first kappa shape index (κ1) is 8.61. The first-order valence-electron chi connectivity index (χ1n) is 3.18. The zero-order valence-electron chi connectivity index (χ0n) is 6.06. The van der Waals surface area contributed by atoms with Crippen molar-refractivity contribution in [2.75, 3.05) is 6.79 Å². The molecule has 0 aromatic carbocycles. The number of ketones is 2. The lowest BCUT2D eigenvalue weighted by Gasteiger charge is -2.06. The minimum Gasteiger partial charge on any atom is -0.441 e. The van der Waals surface area contributed by atoms with Crippen LogP contribution < -0.4 is 0 Å². The van der Waals surface area contributed by atoms with Crippen LogP contribution in [0.5, 0.6) is 0 Å². The van der Waals surface area contributed by atoms with Gasteiger partial charge >= 0.3 is 0 Å². The highest BCUT2D eigenvalue weighted by atomic mass is 16.7. The Bertz CT molecular complexity index is 224. The number of hydrogen-bond donors (Lipinski definition) is 0. The highest BCUT2D eigenvalue weighted by Crippen LogP contribution is 2.05. The smallest absolute Gasteiger partial charge is 0.295 e. The van der Waals surface area contributed by atoms with Gasteiger partial charge in [0.1, 0.15) is 0 Å². The predicted molar refractivity (Wildman–Crippen MR) is 36.0 cm³/mol. The zero-order valence-corrected chi connectivity index (χ0v) is 6.06. The maximum atomic E-state index is 10.8. The van der Waals surface area contributed by atoms with Crippen LogP contribution in [0.4, 0.5) is 0 Å². The van der Waals surface area contributed by atoms with E-state index in [1.165, 1.54) is 0 Å². The molecule has 0 saturated carbocycles. The van der Waals surface area contributed by atoms with E-state index >= 15 is 0 Å². The first-order valence-corrected chi connectivity index (χ1v) is 3.18. The molecule has 0 atom stereocenters. The van der Waals surface area contributed by atoms with Crippen LogP contribution >= 0.6 is 0 Å². The molecule has 0 bridgehead atoms. The van der Waals surface area contributed by atoms with Crippen LogP contribution in [-0.4, -0.2) is 30.9 Å². The van der Waals surface area contributed by atoms with Gasteiger partial charge in [-0.05, 0) is 12.2 Å². The highest BCUT2D eigenvalue weighted by Gasteiger charge is 2.28. The molecule has 12 heavy (non-hydrogen) atoms. The largest absolute Gasteiger partial charge is 0.441 e. The summed E-state index contributed by atoms with van der Waals surface area (Å²) in [5.41, 5.74) is 0. The van der Waals surface area contributed by atoms with Crippen LogP contribution in [0.15, 0.2) is 12.2 Å². The predicted octanol–water partition coefficient (Wildman–Crippen LogP) is -0.790. The lowest BCUT2D eigenvalue weighted by molar-refractivity contribution is -0.155. The van der Waals surface area contributed by atoms with Crippen LogP contribution in [0, 0.1) is 0 Å². The maximum absolute atomic E-state index is 10.8. The van der Waals surface area contributed by atoms with Crippen LogP contribution in [0.2, 0.25) is 0 Å². The van der Waals surface area contributed by atoms with Gasteiger partial charge < -0.3 is 9.47 Å². The van der Waals surface area contributed by atoms with Crippen molar-refractivity contribution in [3.05, 3.63) is 12.2 Å². The summed E-state index contributed by atoms with van der Waals surface area (Å²) in [6.07, 6.45) is 1.15. The molecule has 0 heterocycles. The molecule has 5 nitrogen and oxygen atoms in total. The second kappa shape index (κ2) is 3.77. The van der Waals surface area contributed by atoms with Gasteiger partial charge in [0, 0.05) is 0 Å². The molecule has 0 radical (unpaired) electrons. The third kappa shape index (κ3) is 1.76. The van der Waals surface area contributed by atoms with Gasteiger partial charge in [0.05, 0.1) is 0 Å². The molecule has 64 valence electrons. The summed E-state index contributed by atoms with van der Waals surface area (Å²) >= 11 is 0. The lowest BCUT2D eigenvalue weighted by atomic mass is 10.2. The first-order chi connectivity index (χ1) is 5.75. The van der Waals surface area contributed by atoms with Crippen LogP contribution in [-0.2, 0) is 23.9 Å². The van der Waals surface area contributed by atoms with Gasteiger partial charge in [0.15, 0.2) is 24.5 Å².